The minimum atomic E-state index is -0.820. The molecule has 0 unspecified atom stereocenters. The summed E-state index contributed by atoms with van der Waals surface area (Å²) in [5, 5.41) is 2.70. The Labute approximate surface area is 159 Å². The van der Waals surface area contributed by atoms with Crippen molar-refractivity contribution < 1.29 is 28.6 Å². The number of nitrogens with one attached hydrogen (secondary N) is 1. The van der Waals surface area contributed by atoms with Gasteiger partial charge in [0.1, 0.15) is 17.7 Å². The van der Waals surface area contributed by atoms with Crippen LogP contribution in [0.5, 0.6) is 0 Å². The fourth-order valence-electron chi connectivity index (χ4n) is 2.73. The molecule has 0 spiro atoms. The van der Waals surface area contributed by atoms with Gasteiger partial charge in [0.05, 0.1) is 12.7 Å². The zero-order valence-electron chi connectivity index (χ0n) is 16.2. The van der Waals surface area contributed by atoms with E-state index in [0.717, 1.165) is 12.0 Å². The molecule has 1 aromatic carbocycles. The van der Waals surface area contributed by atoms with Gasteiger partial charge in [0.2, 0.25) is 5.91 Å². The van der Waals surface area contributed by atoms with Gasteiger partial charge in [-0.3, -0.25) is 4.79 Å². The number of ether oxygens (including phenoxy) is 3. The summed E-state index contributed by atoms with van der Waals surface area (Å²) in [6, 6.07) is 5.92. The highest BCUT2D eigenvalue weighted by Crippen LogP contribution is 2.15. The van der Waals surface area contributed by atoms with Crippen LogP contribution >= 0.6 is 0 Å². The van der Waals surface area contributed by atoms with Gasteiger partial charge in [-0.1, -0.05) is 12.1 Å². The molecule has 27 heavy (non-hydrogen) atoms. The molecule has 1 amide bonds. The van der Waals surface area contributed by atoms with Gasteiger partial charge in [0, 0.05) is 13.0 Å². The van der Waals surface area contributed by atoms with Crippen LogP contribution in [-0.2, 0) is 30.2 Å². The summed E-state index contributed by atoms with van der Waals surface area (Å²) in [5.41, 5.74) is 0.634. The molecule has 1 heterocycles. The molecule has 1 aliphatic heterocycles. The Balaban J connectivity index is 2.03. The standard InChI is InChI=1S/C20H27NO6/c1-20(2,3)27-18(23)14-9-7-13(8-10-14)12-15(19(24)25-4)21-17(22)16-6-5-11-26-16/h7-10,15-16H,5-6,11-12H2,1-4H3,(H,21,22)/t15-,16+/m0/s1. The lowest BCUT2D eigenvalue weighted by Gasteiger charge is -2.20. The Hall–Kier alpha value is -2.41. The molecule has 1 aliphatic rings. The summed E-state index contributed by atoms with van der Waals surface area (Å²) in [6.07, 6.45) is 1.20. The van der Waals surface area contributed by atoms with Crippen molar-refractivity contribution in [1.82, 2.24) is 5.32 Å². The van der Waals surface area contributed by atoms with Crippen LogP contribution < -0.4 is 5.32 Å². The molecule has 1 saturated heterocycles. The lowest BCUT2D eigenvalue weighted by Crippen LogP contribution is -2.47. The number of carbonyl (C=O) groups is 3. The van der Waals surface area contributed by atoms with Crippen molar-refractivity contribution in [3.8, 4) is 0 Å². The van der Waals surface area contributed by atoms with Crippen molar-refractivity contribution in [3.05, 3.63) is 35.4 Å². The second-order valence-electron chi connectivity index (χ2n) is 7.49. The Bertz CT molecular complexity index is 671. The molecule has 0 radical (unpaired) electrons. The lowest BCUT2D eigenvalue weighted by molar-refractivity contribution is -0.146. The molecule has 1 aromatic rings. The number of hydrogen-bond acceptors (Lipinski definition) is 6. The Morgan fingerprint density at radius 1 is 1.22 bits per heavy atom. The van der Waals surface area contributed by atoms with E-state index >= 15 is 0 Å². The van der Waals surface area contributed by atoms with Crippen molar-refractivity contribution in [2.24, 2.45) is 0 Å². The molecule has 0 aliphatic carbocycles. The average molecular weight is 377 g/mol. The number of esters is 2. The van der Waals surface area contributed by atoms with Gasteiger partial charge in [-0.15, -0.1) is 0 Å². The monoisotopic (exact) mass is 377 g/mol. The first-order chi connectivity index (χ1) is 12.7. The quantitative estimate of drug-likeness (QED) is 0.763. The molecule has 7 nitrogen and oxygen atoms in total. The third-order valence-corrected chi connectivity index (χ3v) is 4.05. The number of amides is 1. The first-order valence-corrected chi connectivity index (χ1v) is 9.01. The van der Waals surface area contributed by atoms with Crippen LogP contribution in [0, 0.1) is 0 Å². The molecule has 0 aromatic heterocycles. The van der Waals surface area contributed by atoms with Crippen molar-refractivity contribution in [1.29, 1.82) is 0 Å². The molecule has 1 fully saturated rings. The summed E-state index contributed by atoms with van der Waals surface area (Å²) in [4.78, 5) is 36.4. The summed E-state index contributed by atoms with van der Waals surface area (Å²) in [5.74, 6) is -1.25. The summed E-state index contributed by atoms with van der Waals surface area (Å²) in [6.45, 7) is 5.96. The maximum absolute atomic E-state index is 12.2. The van der Waals surface area contributed by atoms with Gasteiger partial charge in [-0.25, -0.2) is 9.59 Å². The van der Waals surface area contributed by atoms with E-state index in [1.54, 1.807) is 45.0 Å². The van der Waals surface area contributed by atoms with Crippen molar-refractivity contribution in [3.63, 3.8) is 0 Å². The minimum Gasteiger partial charge on any atom is -0.467 e. The molecule has 0 saturated carbocycles. The van der Waals surface area contributed by atoms with Crippen molar-refractivity contribution in [2.75, 3.05) is 13.7 Å². The van der Waals surface area contributed by atoms with Crippen molar-refractivity contribution in [2.45, 2.75) is 57.8 Å². The Morgan fingerprint density at radius 3 is 2.41 bits per heavy atom. The molecule has 0 bridgehead atoms. The summed E-state index contributed by atoms with van der Waals surface area (Å²) >= 11 is 0. The van der Waals surface area contributed by atoms with Gasteiger partial charge in [-0.05, 0) is 51.3 Å². The zero-order valence-corrected chi connectivity index (χ0v) is 16.2. The van der Waals surface area contributed by atoms with E-state index < -0.39 is 29.7 Å². The highest BCUT2D eigenvalue weighted by molar-refractivity contribution is 5.90. The van der Waals surface area contributed by atoms with Crippen LogP contribution in [0.2, 0.25) is 0 Å². The van der Waals surface area contributed by atoms with Crippen molar-refractivity contribution >= 4 is 17.8 Å². The first-order valence-electron chi connectivity index (χ1n) is 9.01. The van der Waals surface area contributed by atoms with Crippen LogP contribution in [0.25, 0.3) is 0 Å². The highest BCUT2D eigenvalue weighted by atomic mass is 16.6. The Kier molecular flexibility index (Phi) is 6.96. The van der Waals surface area contributed by atoms with E-state index in [1.165, 1.54) is 7.11 Å². The predicted molar refractivity (Wildman–Crippen MR) is 98.2 cm³/mol. The van der Waals surface area contributed by atoms with E-state index in [2.05, 4.69) is 5.32 Å². The average Bonchev–Trinajstić information content (AvgIpc) is 3.14. The van der Waals surface area contributed by atoms with E-state index in [0.29, 0.717) is 18.6 Å². The van der Waals surface area contributed by atoms with Crippen LogP contribution in [0.3, 0.4) is 0 Å². The first kappa shape index (κ1) is 20.9. The van der Waals surface area contributed by atoms with Crippen LogP contribution in [0.4, 0.5) is 0 Å². The van der Waals surface area contributed by atoms with E-state index in [-0.39, 0.29) is 12.3 Å². The summed E-state index contributed by atoms with van der Waals surface area (Å²) in [7, 11) is 1.28. The summed E-state index contributed by atoms with van der Waals surface area (Å²) < 4.78 is 15.5. The lowest BCUT2D eigenvalue weighted by atomic mass is 10.0. The predicted octanol–water partition coefficient (Wildman–Crippen LogP) is 2.02. The number of rotatable bonds is 6. The van der Waals surface area contributed by atoms with Gasteiger partial charge >= 0.3 is 11.9 Å². The number of hydrogen-bond donors (Lipinski definition) is 1. The van der Waals surface area contributed by atoms with Gasteiger partial charge in [-0.2, -0.15) is 0 Å². The topological polar surface area (TPSA) is 90.9 Å². The third kappa shape index (κ3) is 6.36. The third-order valence-electron chi connectivity index (χ3n) is 4.05. The van der Waals surface area contributed by atoms with Crippen LogP contribution in [0.1, 0.15) is 49.5 Å². The van der Waals surface area contributed by atoms with E-state index in [4.69, 9.17) is 14.2 Å². The molecule has 7 heteroatoms. The second kappa shape index (κ2) is 8.99. The number of methoxy groups -OCH3 is 1. The SMILES string of the molecule is COC(=O)[C@H](Cc1ccc(C(=O)OC(C)(C)C)cc1)NC(=O)[C@H]1CCCO1. The second-order valence-corrected chi connectivity index (χ2v) is 7.49. The maximum Gasteiger partial charge on any atom is 0.338 e. The molecular weight excluding hydrogens is 350 g/mol. The molecular formula is C20H27NO6. The fraction of sp³-hybridized carbons (Fsp3) is 0.550. The normalized spacial score (nSPS) is 17.9. The van der Waals surface area contributed by atoms with Crippen LogP contribution in [-0.4, -0.2) is 49.3 Å². The Morgan fingerprint density at radius 2 is 1.89 bits per heavy atom. The molecule has 2 rings (SSSR count). The fourth-order valence-corrected chi connectivity index (χ4v) is 2.73. The van der Waals surface area contributed by atoms with Gasteiger partial charge < -0.3 is 19.5 Å². The van der Waals surface area contributed by atoms with E-state index in [9.17, 15) is 14.4 Å². The van der Waals surface area contributed by atoms with E-state index in [1.807, 2.05) is 0 Å². The molecule has 1 N–H and O–H groups in total. The van der Waals surface area contributed by atoms with Gasteiger partial charge in [0.15, 0.2) is 0 Å². The highest BCUT2D eigenvalue weighted by Gasteiger charge is 2.29. The number of carbonyl (C=O) groups excluding carboxylic acids is 3. The number of benzene rings is 1. The molecule has 148 valence electrons. The largest absolute Gasteiger partial charge is 0.467 e. The zero-order chi connectivity index (χ0) is 20.0. The van der Waals surface area contributed by atoms with Gasteiger partial charge in [0.25, 0.3) is 0 Å². The molecule has 2 atom stereocenters. The van der Waals surface area contributed by atoms with Crippen LogP contribution in [0.15, 0.2) is 24.3 Å². The minimum absolute atomic E-state index is 0.250. The maximum atomic E-state index is 12.2. The smallest absolute Gasteiger partial charge is 0.338 e.